The zero-order valence-electron chi connectivity index (χ0n) is 11.8. The first kappa shape index (κ1) is 13.4. The van der Waals surface area contributed by atoms with Crippen LogP contribution in [0.5, 0.6) is 0 Å². The molecule has 1 atom stereocenters. The molecule has 22 heavy (non-hydrogen) atoms. The minimum absolute atomic E-state index is 0.256. The van der Waals surface area contributed by atoms with Gasteiger partial charge in [-0.25, -0.2) is 0 Å². The largest absolute Gasteiger partial charge is 0.337 e. The topological polar surface area (TPSA) is 82.5 Å². The Labute approximate surface area is 131 Å². The van der Waals surface area contributed by atoms with E-state index in [0.717, 1.165) is 24.2 Å². The van der Waals surface area contributed by atoms with Crippen LogP contribution in [-0.4, -0.2) is 30.3 Å². The normalized spacial score (nSPS) is 15.9. The molecular formula is C14H13ClN6O. The van der Waals surface area contributed by atoms with E-state index in [1.54, 1.807) is 12.1 Å². The van der Waals surface area contributed by atoms with Crippen LogP contribution in [0.2, 0.25) is 5.02 Å². The van der Waals surface area contributed by atoms with Crippen molar-refractivity contribution in [2.45, 2.75) is 31.7 Å². The predicted molar refractivity (Wildman–Crippen MR) is 78.3 cm³/mol. The minimum Gasteiger partial charge on any atom is -0.337 e. The molecule has 0 aliphatic heterocycles. The van der Waals surface area contributed by atoms with Gasteiger partial charge in [0.05, 0.1) is 0 Å². The monoisotopic (exact) mass is 316 g/mol. The maximum Gasteiger partial charge on any atom is 0.253 e. The quantitative estimate of drug-likeness (QED) is 0.736. The first-order chi connectivity index (χ1) is 10.7. The Hall–Kier alpha value is -2.28. The lowest BCUT2D eigenvalue weighted by molar-refractivity contribution is 0.318. The number of rotatable bonds is 4. The van der Waals surface area contributed by atoms with Gasteiger partial charge >= 0.3 is 0 Å². The van der Waals surface area contributed by atoms with Gasteiger partial charge in [-0.05, 0) is 49.2 Å². The maximum atomic E-state index is 5.88. The Morgan fingerprint density at radius 1 is 1.27 bits per heavy atom. The third-order valence-electron chi connectivity index (χ3n) is 3.63. The van der Waals surface area contributed by atoms with Crippen LogP contribution in [0.15, 0.2) is 28.8 Å². The molecule has 0 bridgehead atoms. The summed E-state index contributed by atoms with van der Waals surface area (Å²) in [6, 6.07) is 7.04. The standard InChI is InChI=1S/C14H13ClN6O/c1-8(14-16-12(19-22-14)9-2-3-9)21-18-13(17-20-21)10-4-6-11(15)7-5-10/h4-9H,2-3H2,1H3/t8-/m0/s1. The van der Waals surface area contributed by atoms with E-state index in [9.17, 15) is 0 Å². The van der Waals surface area contributed by atoms with Gasteiger partial charge in [0, 0.05) is 16.5 Å². The highest BCUT2D eigenvalue weighted by atomic mass is 35.5. The third kappa shape index (κ3) is 2.48. The molecule has 1 aromatic carbocycles. The fourth-order valence-electron chi connectivity index (χ4n) is 2.13. The highest BCUT2D eigenvalue weighted by Gasteiger charge is 2.30. The molecule has 1 aliphatic rings. The molecule has 0 amide bonds. The minimum atomic E-state index is -0.256. The van der Waals surface area contributed by atoms with Gasteiger partial charge in [0.25, 0.3) is 5.89 Å². The van der Waals surface area contributed by atoms with E-state index < -0.39 is 0 Å². The lowest BCUT2D eigenvalue weighted by atomic mass is 10.2. The van der Waals surface area contributed by atoms with Crippen molar-refractivity contribution in [3.05, 3.63) is 41.0 Å². The number of tetrazole rings is 1. The lowest BCUT2D eigenvalue weighted by Crippen LogP contribution is -2.11. The van der Waals surface area contributed by atoms with Crippen LogP contribution >= 0.6 is 11.6 Å². The summed E-state index contributed by atoms with van der Waals surface area (Å²) in [5.41, 5.74) is 0.854. The molecule has 8 heteroatoms. The van der Waals surface area contributed by atoms with E-state index in [2.05, 4.69) is 25.6 Å². The zero-order chi connectivity index (χ0) is 15.1. The molecule has 4 rings (SSSR count). The van der Waals surface area contributed by atoms with Gasteiger partial charge in [-0.3, -0.25) is 0 Å². The van der Waals surface area contributed by atoms with Crippen LogP contribution in [0.25, 0.3) is 11.4 Å². The molecule has 2 aromatic heterocycles. The van der Waals surface area contributed by atoms with Crippen molar-refractivity contribution >= 4 is 11.6 Å². The zero-order valence-corrected chi connectivity index (χ0v) is 12.6. The fraction of sp³-hybridized carbons (Fsp3) is 0.357. The van der Waals surface area contributed by atoms with Crippen molar-refractivity contribution in [2.75, 3.05) is 0 Å². The molecule has 0 unspecified atom stereocenters. The maximum absolute atomic E-state index is 5.88. The summed E-state index contributed by atoms with van der Waals surface area (Å²) in [5.74, 6) is 2.27. The van der Waals surface area contributed by atoms with Crippen LogP contribution < -0.4 is 0 Å². The molecule has 2 heterocycles. The Morgan fingerprint density at radius 3 is 2.77 bits per heavy atom. The van der Waals surface area contributed by atoms with Crippen LogP contribution in [0, 0.1) is 0 Å². The summed E-state index contributed by atoms with van der Waals surface area (Å²) in [6.07, 6.45) is 2.27. The Balaban J connectivity index is 1.58. The summed E-state index contributed by atoms with van der Waals surface area (Å²) < 4.78 is 5.31. The molecule has 1 saturated carbocycles. The van der Waals surface area contributed by atoms with Crippen LogP contribution in [0.1, 0.15) is 43.4 Å². The number of hydrogen-bond donors (Lipinski definition) is 0. The van der Waals surface area contributed by atoms with Crippen LogP contribution in [-0.2, 0) is 0 Å². The van der Waals surface area contributed by atoms with Crippen molar-refractivity contribution in [3.8, 4) is 11.4 Å². The lowest BCUT2D eigenvalue weighted by Gasteiger charge is -2.02. The Morgan fingerprint density at radius 2 is 2.05 bits per heavy atom. The molecule has 1 fully saturated rings. The van der Waals surface area contributed by atoms with E-state index in [1.807, 2.05) is 19.1 Å². The number of aromatic nitrogens is 6. The fourth-order valence-corrected chi connectivity index (χ4v) is 2.25. The van der Waals surface area contributed by atoms with Crippen LogP contribution in [0.4, 0.5) is 0 Å². The summed E-state index contributed by atoms with van der Waals surface area (Å²) in [4.78, 5) is 5.90. The average Bonchev–Trinajstić information content (AvgIpc) is 3.07. The van der Waals surface area contributed by atoms with Crippen molar-refractivity contribution in [1.82, 2.24) is 30.3 Å². The number of nitrogens with zero attached hydrogens (tertiary/aromatic N) is 6. The third-order valence-corrected chi connectivity index (χ3v) is 3.89. The van der Waals surface area contributed by atoms with Crippen molar-refractivity contribution < 1.29 is 4.52 Å². The van der Waals surface area contributed by atoms with Crippen molar-refractivity contribution in [2.24, 2.45) is 0 Å². The summed E-state index contributed by atoms with van der Waals surface area (Å²) in [6.45, 7) is 1.90. The smallest absolute Gasteiger partial charge is 0.253 e. The summed E-state index contributed by atoms with van der Waals surface area (Å²) >= 11 is 5.88. The van der Waals surface area contributed by atoms with E-state index in [-0.39, 0.29) is 6.04 Å². The number of benzene rings is 1. The van der Waals surface area contributed by atoms with Gasteiger partial charge in [-0.15, -0.1) is 10.2 Å². The van der Waals surface area contributed by atoms with E-state index in [1.165, 1.54) is 4.80 Å². The molecule has 0 spiro atoms. The van der Waals surface area contributed by atoms with Gasteiger partial charge in [-0.1, -0.05) is 16.8 Å². The molecule has 3 aromatic rings. The first-order valence-electron chi connectivity index (χ1n) is 7.09. The number of halogens is 1. The van der Waals surface area contributed by atoms with Gasteiger partial charge < -0.3 is 4.52 Å². The van der Waals surface area contributed by atoms with Gasteiger partial charge in [0.2, 0.25) is 5.82 Å². The van der Waals surface area contributed by atoms with Gasteiger partial charge in [0.1, 0.15) is 6.04 Å². The Bertz CT molecular complexity index is 792. The summed E-state index contributed by atoms with van der Waals surface area (Å²) in [5, 5.41) is 17.2. The highest BCUT2D eigenvalue weighted by Crippen LogP contribution is 2.38. The molecule has 0 saturated heterocycles. The second-order valence-electron chi connectivity index (χ2n) is 5.38. The van der Waals surface area contributed by atoms with E-state index in [4.69, 9.17) is 16.1 Å². The second kappa shape index (κ2) is 5.17. The SMILES string of the molecule is C[C@@H](c1nc(C2CC2)no1)n1nnc(-c2ccc(Cl)cc2)n1. The first-order valence-corrected chi connectivity index (χ1v) is 7.47. The second-order valence-corrected chi connectivity index (χ2v) is 5.82. The highest BCUT2D eigenvalue weighted by molar-refractivity contribution is 6.30. The predicted octanol–water partition coefficient (Wildman–Crippen LogP) is 2.86. The summed E-state index contributed by atoms with van der Waals surface area (Å²) in [7, 11) is 0. The van der Waals surface area contributed by atoms with E-state index in [0.29, 0.717) is 22.7 Å². The molecular weight excluding hydrogens is 304 g/mol. The molecule has 0 radical (unpaired) electrons. The molecule has 1 aliphatic carbocycles. The molecule has 7 nitrogen and oxygen atoms in total. The average molecular weight is 317 g/mol. The van der Waals surface area contributed by atoms with Crippen LogP contribution in [0.3, 0.4) is 0 Å². The van der Waals surface area contributed by atoms with Crippen molar-refractivity contribution in [3.63, 3.8) is 0 Å². The Kier molecular flexibility index (Phi) is 3.15. The molecule has 0 N–H and O–H groups in total. The van der Waals surface area contributed by atoms with Gasteiger partial charge in [0.15, 0.2) is 5.82 Å². The molecule has 112 valence electrons. The van der Waals surface area contributed by atoms with Crippen molar-refractivity contribution in [1.29, 1.82) is 0 Å². The number of hydrogen-bond acceptors (Lipinski definition) is 6. The van der Waals surface area contributed by atoms with E-state index >= 15 is 0 Å². The van der Waals surface area contributed by atoms with Gasteiger partial charge in [-0.2, -0.15) is 9.78 Å².